The van der Waals surface area contributed by atoms with Crippen LogP contribution in [0.15, 0.2) is 6.20 Å². The van der Waals surface area contributed by atoms with Crippen molar-refractivity contribution in [3.8, 4) is 0 Å². The first-order valence-corrected chi connectivity index (χ1v) is 7.48. The Labute approximate surface area is 111 Å². The molecule has 1 aromatic rings. The molecule has 1 aliphatic carbocycles. The molecule has 2 rings (SSSR count). The van der Waals surface area contributed by atoms with E-state index >= 15 is 0 Å². The van der Waals surface area contributed by atoms with Crippen LogP contribution in [0.5, 0.6) is 0 Å². The van der Waals surface area contributed by atoms with E-state index in [-0.39, 0.29) is 0 Å². The minimum absolute atomic E-state index is 0.769. The molecule has 0 radical (unpaired) electrons. The zero-order chi connectivity index (χ0) is 12.8. The van der Waals surface area contributed by atoms with Crippen LogP contribution in [0.25, 0.3) is 0 Å². The average molecular weight is 249 g/mol. The van der Waals surface area contributed by atoms with Crippen LogP contribution in [0.4, 0.5) is 0 Å². The molecule has 1 aromatic heterocycles. The van der Waals surface area contributed by atoms with Crippen molar-refractivity contribution in [3.63, 3.8) is 0 Å². The molecule has 0 atom stereocenters. The second kappa shape index (κ2) is 6.93. The van der Waals surface area contributed by atoms with E-state index in [0.717, 1.165) is 18.9 Å². The highest BCUT2D eigenvalue weighted by atomic mass is 15.3. The molecule has 0 aliphatic heterocycles. The van der Waals surface area contributed by atoms with Gasteiger partial charge in [0.15, 0.2) is 0 Å². The zero-order valence-corrected chi connectivity index (χ0v) is 11.9. The van der Waals surface area contributed by atoms with Crippen molar-refractivity contribution in [1.29, 1.82) is 0 Å². The summed E-state index contributed by atoms with van der Waals surface area (Å²) in [6.07, 6.45) is 12.9. The van der Waals surface area contributed by atoms with Crippen LogP contribution >= 0.6 is 0 Å². The van der Waals surface area contributed by atoms with Crippen LogP contribution in [-0.2, 0) is 13.5 Å². The minimum atomic E-state index is 0.769. The van der Waals surface area contributed by atoms with Crippen LogP contribution < -0.4 is 5.32 Å². The van der Waals surface area contributed by atoms with E-state index < -0.39 is 0 Å². The molecule has 0 amide bonds. The number of hydrogen-bond donors (Lipinski definition) is 1. The molecule has 0 bridgehead atoms. The number of aromatic nitrogens is 2. The summed E-state index contributed by atoms with van der Waals surface area (Å²) < 4.78 is 2.09. The largest absolute Gasteiger partial charge is 0.320 e. The van der Waals surface area contributed by atoms with E-state index in [9.17, 15) is 0 Å². The van der Waals surface area contributed by atoms with E-state index in [1.165, 1.54) is 56.2 Å². The van der Waals surface area contributed by atoms with Gasteiger partial charge in [0, 0.05) is 12.7 Å². The highest BCUT2D eigenvalue weighted by Gasteiger charge is 2.19. The molecule has 1 N–H and O–H groups in total. The highest BCUT2D eigenvalue weighted by molar-refractivity contribution is 5.23. The molecule has 0 aromatic carbocycles. The summed E-state index contributed by atoms with van der Waals surface area (Å²) in [5, 5.41) is 7.73. The molecule has 3 nitrogen and oxygen atoms in total. The SMILES string of the molecule is CNCCCc1c(C2CCCCCC2)cnn1C. The number of nitrogens with one attached hydrogen (secondary N) is 1. The van der Waals surface area contributed by atoms with Gasteiger partial charge in [-0.25, -0.2) is 0 Å². The summed E-state index contributed by atoms with van der Waals surface area (Å²) >= 11 is 0. The van der Waals surface area contributed by atoms with Crippen LogP contribution in [0.1, 0.15) is 62.1 Å². The third kappa shape index (κ3) is 3.35. The molecule has 1 heterocycles. The van der Waals surface area contributed by atoms with Gasteiger partial charge in [-0.2, -0.15) is 5.10 Å². The van der Waals surface area contributed by atoms with Gasteiger partial charge in [0.2, 0.25) is 0 Å². The fourth-order valence-electron chi connectivity index (χ4n) is 3.15. The Hall–Kier alpha value is -0.830. The van der Waals surface area contributed by atoms with Crippen molar-refractivity contribution in [2.75, 3.05) is 13.6 Å². The lowest BCUT2D eigenvalue weighted by atomic mass is 9.91. The lowest BCUT2D eigenvalue weighted by Gasteiger charge is -2.15. The quantitative estimate of drug-likeness (QED) is 0.642. The van der Waals surface area contributed by atoms with Gasteiger partial charge in [0.05, 0.1) is 6.20 Å². The predicted molar refractivity (Wildman–Crippen MR) is 75.9 cm³/mol. The Balaban J connectivity index is 2.06. The van der Waals surface area contributed by atoms with Crippen LogP contribution in [0.2, 0.25) is 0 Å². The number of nitrogens with zero attached hydrogens (tertiary/aromatic N) is 2. The summed E-state index contributed by atoms with van der Waals surface area (Å²) in [6.45, 7) is 1.09. The maximum Gasteiger partial charge on any atom is 0.0527 e. The lowest BCUT2D eigenvalue weighted by Crippen LogP contribution is -2.11. The second-order valence-electron chi connectivity index (χ2n) is 5.57. The average Bonchev–Trinajstić information content (AvgIpc) is 2.60. The molecule has 18 heavy (non-hydrogen) atoms. The van der Waals surface area contributed by atoms with E-state index in [0.29, 0.717) is 0 Å². The molecule has 3 heteroatoms. The lowest BCUT2D eigenvalue weighted by molar-refractivity contribution is 0.578. The van der Waals surface area contributed by atoms with Gasteiger partial charge >= 0.3 is 0 Å². The molecule has 0 saturated heterocycles. The first kappa shape index (κ1) is 13.6. The van der Waals surface area contributed by atoms with Crippen molar-refractivity contribution in [3.05, 3.63) is 17.5 Å². The maximum atomic E-state index is 4.50. The van der Waals surface area contributed by atoms with Gasteiger partial charge in [-0.3, -0.25) is 4.68 Å². The van der Waals surface area contributed by atoms with Crippen LogP contribution in [0, 0.1) is 0 Å². The van der Waals surface area contributed by atoms with Gasteiger partial charge in [-0.15, -0.1) is 0 Å². The van der Waals surface area contributed by atoms with Crippen molar-refractivity contribution in [2.45, 2.75) is 57.3 Å². The second-order valence-corrected chi connectivity index (χ2v) is 5.57. The van der Waals surface area contributed by atoms with Crippen molar-refractivity contribution < 1.29 is 0 Å². The first-order valence-electron chi connectivity index (χ1n) is 7.48. The third-order valence-corrected chi connectivity index (χ3v) is 4.23. The highest BCUT2D eigenvalue weighted by Crippen LogP contribution is 2.33. The van der Waals surface area contributed by atoms with Crippen molar-refractivity contribution >= 4 is 0 Å². The number of aryl methyl sites for hydroxylation is 1. The van der Waals surface area contributed by atoms with Gasteiger partial charge in [0.1, 0.15) is 0 Å². The first-order chi connectivity index (χ1) is 8.83. The Morgan fingerprint density at radius 1 is 1.28 bits per heavy atom. The van der Waals surface area contributed by atoms with Crippen molar-refractivity contribution in [1.82, 2.24) is 15.1 Å². The Kier molecular flexibility index (Phi) is 5.24. The summed E-state index contributed by atoms with van der Waals surface area (Å²) in [7, 11) is 4.12. The molecule has 0 spiro atoms. The molecular weight excluding hydrogens is 222 g/mol. The molecule has 102 valence electrons. The zero-order valence-electron chi connectivity index (χ0n) is 11.9. The summed E-state index contributed by atoms with van der Waals surface area (Å²) in [5.41, 5.74) is 3.01. The standard InChI is InChI=1S/C15H27N3/c1-16-11-7-10-15-14(12-17-18(15)2)13-8-5-3-4-6-9-13/h12-13,16H,3-11H2,1-2H3. The van der Waals surface area contributed by atoms with E-state index in [1.807, 2.05) is 7.05 Å². The van der Waals surface area contributed by atoms with Gasteiger partial charge in [-0.1, -0.05) is 25.7 Å². The minimum Gasteiger partial charge on any atom is -0.320 e. The number of rotatable bonds is 5. The fraction of sp³-hybridized carbons (Fsp3) is 0.800. The normalized spacial score (nSPS) is 17.9. The van der Waals surface area contributed by atoms with Crippen LogP contribution in [-0.4, -0.2) is 23.4 Å². The molecular formula is C15H27N3. The Morgan fingerprint density at radius 2 is 2.00 bits per heavy atom. The fourth-order valence-corrected chi connectivity index (χ4v) is 3.15. The summed E-state index contributed by atoms with van der Waals surface area (Å²) in [6, 6.07) is 0. The van der Waals surface area contributed by atoms with E-state index in [1.54, 1.807) is 0 Å². The smallest absolute Gasteiger partial charge is 0.0527 e. The summed E-state index contributed by atoms with van der Waals surface area (Å²) in [5.74, 6) is 0.769. The van der Waals surface area contributed by atoms with Gasteiger partial charge < -0.3 is 5.32 Å². The molecule has 1 fully saturated rings. The number of hydrogen-bond acceptors (Lipinski definition) is 2. The molecule has 1 aliphatic rings. The van der Waals surface area contributed by atoms with E-state index in [4.69, 9.17) is 0 Å². The topological polar surface area (TPSA) is 29.9 Å². The molecule has 0 unspecified atom stereocenters. The molecule has 1 saturated carbocycles. The predicted octanol–water partition coefficient (Wildman–Crippen LogP) is 3.01. The summed E-state index contributed by atoms with van der Waals surface area (Å²) in [4.78, 5) is 0. The van der Waals surface area contributed by atoms with Gasteiger partial charge in [-0.05, 0) is 50.8 Å². The van der Waals surface area contributed by atoms with Crippen molar-refractivity contribution in [2.24, 2.45) is 7.05 Å². The maximum absolute atomic E-state index is 4.50. The van der Waals surface area contributed by atoms with Crippen LogP contribution in [0.3, 0.4) is 0 Å². The monoisotopic (exact) mass is 249 g/mol. The van der Waals surface area contributed by atoms with E-state index in [2.05, 4.69) is 28.3 Å². The Morgan fingerprint density at radius 3 is 2.67 bits per heavy atom. The van der Waals surface area contributed by atoms with Gasteiger partial charge in [0.25, 0.3) is 0 Å². The third-order valence-electron chi connectivity index (χ3n) is 4.23. The Bertz CT molecular complexity index is 349.